The Bertz CT molecular complexity index is 766. The zero-order valence-electron chi connectivity index (χ0n) is 15.2. The van der Waals surface area contributed by atoms with Crippen molar-refractivity contribution < 1.29 is 4.74 Å². The number of nitrogens with one attached hydrogen (secondary N) is 1. The number of hydrogen-bond donors (Lipinski definition) is 1. The summed E-state index contributed by atoms with van der Waals surface area (Å²) >= 11 is 0. The molecular formula is C24H25NO. The van der Waals surface area contributed by atoms with Crippen LogP contribution in [0.4, 0.5) is 0 Å². The van der Waals surface area contributed by atoms with E-state index in [9.17, 15) is 0 Å². The van der Waals surface area contributed by atoms with Crippen molar-refractivity contribution >= 4 is 5.57 Å². The molecule has 0 aliphatic rings. The molecule has 0 atom stereocenters. The molecule has 0 unspecified atom stereocenters. The third-order valence-electron chi connectivity index (χ3n) is 4.37. The molecule has 0 saturated heterocycles. The van der Waals surface area contributed by atoms with Gasteiger partial charge in [-0.3, -0.25) is 0 Å². The second-order valence-corrected chi connectivity index (χ2v) is 6.15. The second kappa shape index (κ2) is 9.59. The van der Waals surface area contributed by atoms with Crippen LogP contribution in [-0.2, 0) is 6.42 Å². The standard InChI is InChI=1S/C24H25NO/c1-26-23-14-12-20(13-15-23)16-18-25-19-17-24(21-8-4-2-5-9-21)22-10-6-3-7-11-22/h2-15,17,25H,16,18-19H2,1H3. The van der Waals surface area contributed by atoms with Crippen LogP contribution >= 0.6 is 0 Å². The molecule has 0 aromatic heterocycles. The smallest absolute Gasteiger partial charge is 0.118 e. The van der Waals surface area contributed by atoms with Gasteiger partial charge in [-0.1, -0.05) is 78.9 Å². The van der Waals surface area contributed by atoms with E-state index in [0.717, 1.165) is 25.3 Å². The van der Waals surface area contributed by atoms with E-state index < -0.39 is 0 Å². The fourth-order valence-electron chi connectivity index (χ4n) is 2.94. The van der Waals surface area contributed by atoms with Gasteiger partial charge in [0.15, 0.2) is 0 Å². The Hall–Kier alpha value is -2.84. The summed E-state index contributed by atoms with van der Waals surface area (Å²) in [6.45, 7) is 1.79. The third kappa shape index (κ3) is 5.08. The summed E-state index contributed by atoms with van der Waals surface area (Å²) in [5.74, 6) is 0.903. The quantitative estimate of drug-likeness (QED) is 0.584. The lowest BCUT2D eigenvalue weighted by atomic mass is 9.97. The molecule has 3 rings (SSSR count). The molecule has 0 aliphatic heterocycles. The predicted octanol–water partition coefficient (Wildman–Crippen LogP) is 4.96. The first kappa shape index (κ1) is 18.0. The van der Waals surface area contributed by atoms with Gasteiger partial charge >= 0.3 is 0 Å². The van der Waals surface area contributed by atoms with Crippen molar-refractivity contribution in [2.75, 3.05) is 20.2 Å². The van der Waals surface area contributed by atoms with Gasteiger partial charge in [-0.15, -0.1) is 0 Å². The van der Waals surface area contributed by atoms with Gasteiger partial charge in [0, 0.05) is 6.54 Å². The molecule has 0 saturated carbocycles. The molecule has 26 heavy (non-hydrogen) atoms. The van der Waals surface area contributed by atoms with E-state index in [1.807, 2.05) is 12.1 Å². The van der Waals surface area contributed by atoms with Gasteiger partial charge < -0.3 is 10.1 Å². The Morgan fingerprint density at radius 1 is 0.808 bits per heavy atom. The van der Waals surface area contributed by atoms with E-state index in [1.54, 1.807) is 7.11 Å². The molecule has 0 radical (unpaired) electrons. The molecule has 0 bridgehead atoms. The lowest BCUT2D eigenvalue weighted by molar-refractivity contribution is 0.414. The summed E-state index contributed by atoms with van der Waals surface area (Å²) < 4.78 is 5.20. The summed E-state index contributed by atoms with van der Waals surface area (Å²) in [5.41, 5.74) is 5.07. The van der Waals surface area contributed by atoms with Gasteiger partial charge in [0.25, 0.3) is 0 Å². The molecule has 0 spiro atoms. The summed E-state index contributed by atoms with van der Waals surface area (Å²) in [5, 5.41) is 3.52. The molecular weight excluding hydrogens is 318 g/mol. The Labute approximate surface area is 156 Å². The highest BCUT2D eigenvalue weighted by Gasteiger charge is 2.03. The van der Waals surface area contributed by atoms with Crippen LogP contribution in [0.5, 0.6) is 5.75 Å². The topological polar surface area (TPSA) is 21.3 Å². The summed E-state index contributed by atoms with van der Waals surface area (Å²) in [6, 6.07) is 29.4. The van der Waals surface area contributed by atoms with Crippen LogP contribution in [0, 0.1) is 0 Å². The number of ether oxygens (including phenoxy) is 1. The molecule has 0 amide bonds. The molecule has 2 nitrogen and oxygen atoms in total. The van der Waals surface area contributed by atoms with Crippen LogP contribution < -0.4 is 10.1 Å². The molecule has 0 heterocycles. The summed E-state index contributed by atoms with van der Waals surface area (Å²) in [7, 11) is 1.69. The highest BCUT2D eigenvalue weighted by atomic mass is 16.5. The van der Waals surface area contributed by atoms with Gasteiger partial charge in [0.05, 0.1) is 7.11 Å². The minimum atomic E-state index is 0.843. The highest BCUT2D eigenvalue weighted by molar-refractivity contribution is 5.79. The van der Waals surface area contributed by atoms with Gasteiger partial charge in [-0.25, -0.2) is 0 Å². The Kier molecular flexibility index (Phi) is 6.63. The summed E-state index contributed by atoms with van der Waals surface area (Å²) in [4.78, 5) is 0. The van der Waals surface area contributed by atoms with Crippen molar-refractivity contribution in [1.29, 1.82) is 0 Å². The SMILES string of the molecule is COc1ccc(CCNCC=C(c2ccccc2)c2ccccc2)cc1. The van der Waals surface area contributed by atoms with Crippen LogP contribution in [-0.4, -0.2) is 20.2 Å². The minimum Gasteiger partial charge on any atom is -0.497 e. The van der Waals surface area contributed by atoms with Gasteiger partial charge in [0.2, 0.25) is 0 Å². The van der Waals surface area contributed by atoms with Crippen LogP contribution in [0.1, 0.15) is 16.7 Å². The minimum absolute atomic E-state index is 0.843. The molecule has 132 valence electrons. The average Bonchev–Trinajstić information content (AvgIpc) is 2.72. The van der Waals surface area contributed by atoms with Crippen LogP contribution in [0.3, 0.4) is 0 Å². The zero-order valence-corrected chi connectivity index (χ0v) is 15.2. The van der Waals surface area contributed by atoms with Gasteiger partial charge in [-0.2, -0.15) is 0 Å². The Morgan fingerprint density at radius 2 is 1.38 bits per heavy atom. The van der Waals surface area contributed by atoms with Crippen molar-refractivity contribution in [3.63, 3.8) is 0 Å². The monoisotopic (exact) mass is 343 g/mol. The van der Waals surface area contributed by atoms with Crippen molar-refractivity contribution in [2.24, 2.45) is 0 Å². The first-order chi connectivity index (χ1) is 12.9. The molecule has 3 aromatic rings. The van der Waals surface area contributed by atoms with Gasteiger partial charge in [0.1, 0.15) is 5.75 Å². The van der Waals surface area contributed by atoms with E-state index in [4.69, 9.17) is 4.74 Å². The van der Waals surface area contributed by atoms with E-state index in [2.05, 4.69) is 84.2 Å². The summed E-state index contributed by atoms with van der Waals surface area (Å²) in [6.07, 6.45) is 3.28. The first-order valence-corrected chi connectivity index (χ1v) is 9.01. The third-order valence-corrected chi connectivity index (χ3v) is 4.37. The molecule has 0 fully saturated rings. The number of hydrogen-bond acceptors (Lipinski definition) is 2. The van der Waals surface area contributed by atoms with E-state index in [0.29, 0.717) is 0 Å². The van der Waals surface area contributed by atoms with Crippen molar-refractivity contribution in [3.05, 3.63) is 108 Å². The molecule has 3 aromatic carbocycles. The van der Waals surface area contributed by atoms with Crippen LogP contribution in [0.25, 0.3) is 5.57 Å². The molecule has 2 heteroatoms. The van der Waals surface area contributed by atoms with E-state index in [-0.39, 0.29) is 0 Å². The number of methoxy groups -OCH3 is 1. The number of rotatable bonds is 8. The maximum absolute atomic E-state index is 5.20. The average molecular weight is 343 g/mol. The Balaban J connectivity index is 1.60. The largest absolute Gasteiger partial charge is 0.497 e. The maximum atomic E-state index is 5.20. The van der Waals surface area contributed by atoms with Crippen molar-refractivity contribution in [2.45, 2.75) is 6.42 Å². The predicted molar refractivity (Wildman–Crippen MR) is 110 cm³/mol. The number of benzene rings is 3. The normalized spacial score (nSPS) is 10.3. The second-order valence-electron chi connectivity index (χ2n) is 6.15. The van der Waals surface area contributed by atoms with Crippen LogP contribution in [0.2, 0.25) is 0 Å². The Morgan fingerprint density at radius 3 is 1.92 bits per heavy atom. The fraction of sp³-hybridized carbons (Fsp3) is 0.167. The van der Waals surface area contributed by atoms with E-state index in [1.165, 1.54) is 22.3 Å². The molecule has 0 aliphatic carbocycles. The maximum Gasteiger partial charge on any atom is 0.118 e. The highest BCUT2D eigenvalue weighted by Crippen LogP contribution is 2.22. The molecule has 1 N–H and O–H groups in total. The van der Waals surface area contributed by atoms with Crippen molar-refractivity contribution in [1.82, 2.24) is 5.32 Å². The zero-order chi connectivity index (χ0) is 18.0. The van der Waals surface area contributed by atoms with Crippen LogP contribution in [0.15, 0.2) is 91.0 Å². The van der Waals surface area contributed by atoms with Crippen molar-refractivity contribution in [3.8, 4) is 5.75 Å². The van der Waals surface area contributed by atoms with Gasteiger partial charge in [-0.05, 0) is 47.4 Å². The fourth-order valence-corrected chi connectivity index (χ4v) is 2.94. The lowest BCUT2D eigenvalue weighted by Gasteiger charge is -2.09. The van der Waals surface area contributed by atoms with E-state index >= 15 is 0 Å². The first-order valence-electron chi connectivity index (χ1n) is 9.01. The lowest BCUT2D eigenvalue weighted by Crippen LogP contribution is -2.17.